The third-order valence-electron chi connectivity index (χ3n) is 4.53. The molecule has 0 saturated heterocycles. The number of hydrogen-bond donors (Lipinski definition) is 2. The van der Waals surface area contributed by atoms with E-state index in [4.69, 9.17) is 0 Å². The summed E-state index contributed by atoms with van der Waals surface area (Å²) >= 11 is 0. The summed E-state index contributed by atoms with van der Waals surface area (Å²) in [6.45, 7) is 0.467. The van der Waals surface area contributed by atoms with Crippen molar-refractivity contribution in [3.05, 3.63) is 69.0 Å². The Balaban J connectivity index is 1.64. The number of H-pyrrole nitrogens is 1. The Labute approximate surface area is 133 Å². The number of rotatable bonds is 5. The molecule has 23 heavy (non-hydrogen) atoms. The van der Waals surface area contributed by atoms with Crippen molar-refractivity contribution in [1.82, 2.24) is 14.9 Å². The van der Waals surface area contributed by atoms with Gasteiger partial charge in [-0.1, -0.05) is 36.8 Å². The fraction of sp³-hybridized carbons (Fsp3) is 0.353. The highest BCUT2D eigenvalue weighted by Gasteiger charge is 2.38. The summed E-state index contributed by atoms with van der Waals surface area (Å²) in [6.07, 6.45) is 4.59. The van der Waals surface area contributed by atoms with Gasteiger partial charge in [-0.15, -0.1) is 0 Å². The average molecular weight is 313 g/mol. The van der Waals surface area contributed by atoms with E-state index in [9.17, 15) is 14.4 Å². The molecule has 6 nitrogen and oxygen atoms in total. The molecular weight excluding hydrogens is 294 g/mol. The highest BCUT2D eigenvalue weighted by molar-refractivity contribution is 5.75. The van der Waals surface area contributed by atoms with Crippen molar-refractivity contribution in [2.24, 2.45) is 0 Å². The highest BCUT2D eigenvalue weighted by atomic mass is 16.2. The van der Waals surface area contributed by atoms with Gasteiger partial charge in [0, 0.05) is 24.2 Å². The molecule has 0 radical (unpaired) electrons. The first-order chi connectivity index (χ1) is 11.1. The molecule has 3 rings (SSSR count). The summed E-state index contributed by atoms with van der Waals surface area (Å²) in [4.78, 5) is 36.9. The largest absolute Gasteiger partial charge is 0.354 e. The molecule has 0 unspecified atom stereocenters. The van der Waals surface area contributed by atoms with Gasteiger partial charge in [0.15, 0.2) is 0 Å². The molecule has 6 heteroatoms. The molecule has 1 amide bonds. The molecule has 0 aliphatic heterocycles. The van der Waals surface area contributed by atoms with E-state index in [0.29, 0.717) is 6.54 Å². The summed E-state index contributed by atoms with van der Waals surface area (Å²) in [5.74, 6) is -0.235. The van der Waals surface area contributed by atoms with Crippen LogP contribution in [-0.2, 0) is 16.8 Å². The van der Waals surface area contributed by atoms with Crippen LogP contribution < -0.4 is 16.6 Å². The van der Waals surface area contributed by atoms with E-state index in [-0.39, 0.29) is 17.9 Å². The quantitative estimate of drug-likeness (QED) is 0.855. The van der Waals surface area contributed by atoms with Crippen LogP contribution in [0.25, 0.3) is 0 Å². The highest BCUT2D eigenvalue weighted by Crippen LogP contribution is 2.43. The molecule has 2 N–H and O–H groups in total. The minimum Gasteiger partial charge on any atom is -0.354 e. The normalized spacial score (nSPS) is 15.7. The van der Waals surface area contributed by atoms with Crippen molar-refractivity contribution in [2.45, 2.75) is 31.2 Å². The Bertz CT molecular complexity index is 804. The first-order valence-electron chi connectivity index (χ1n) is 7.71. The summed E-state index contributed by atoms with van der Waals surface area (Å²) in [6, 6.07) is 11.4. The van der Waals surface area contributed by atoms with Crippen molar-refractivity contribution in [1.29, 1.82) is 0 Å². The van der Waals surface area contributed by atoms with Crippen LogP contribution in [0.1, 0.15) is 24.8 Å². The molecule has 0 bridgehead atoms. The molecule has 1 heterocycles. The van der Waals surface area contributed by atoms with Gasteiger partial charge in [0.1, 0.15) is 6.54 Å². The summed E-state index contributed by atoms with van der Waals surface area (Å²) < 4.78 is 1.19. The van der Waals surface area contributed by atoms with Crippen molar-refractivity contribution in [3.8, 4) is 0 Å². The molecular formula is C17H19N3O3. The average Bonchev–Trinajstić information content (AvgIpc) is 2.50. The third kappa shape index (κ3) is 3.26. The predicted molar refractivity (Wildman–Crippen MR) is 86.3 cm³/mol. The van der Waals surface area contributed by atoms with Crippen LogP contribution in [0.4, 0.5) is 0 Å². The zero-order valence-corrected chi connectivity index (χ0v) is 12.7. The molecule has 1 aromatic carbocycles. The van der Waals surface area contributed by atoms with Crippen LogP contribution >= 0.6 is 0 Å². The summed E-state index contributed by atoms with van der Waals surface area (Å²) in [5, 5.41) is 2.92. The van der Waals surface area contributed by atoms with Crippen LogP contribution in [0.15, 0.2) is 52.2 Å². The molecule has 1 aliphatic carbocycles. The maximum Gasteiger partial charge on any atom is 0.328 e. The number of hydrogen-bond acceptors (Lipinski definition) is 3. The lowest BCUT2D eigenvalue weighted by Gasteiger charge is -2.42. The molecule has 0 spiro atoms. The first kappa shape index (κ1) is 15.3. The van der Waals surface area contributed by atoms with Crippen LogP contribution in [0.2, 0.25) is 0 Å². The van der Waals surface area contributed by atoms with Crippen molar-refractivity contribution >= 4 is 5.91 Å². The second-order valence-electron chi connectivity index (χ2n) is 6.01. The fourth-order valence-electron chi connectivity index (χ4n) is 3.01. The van der Waals surface area contributed by atoms with E-state index in [2.05, 4.69) is 22.4 Å². The van der Waals surface area contributed by atoms with Crippen molar-refractivity contribution < 1.29 is 4.79 Å². The SMILES string of the molecule is O=C(Cn1ccc(=O)[nH]c1=O)NCC1(c2ccccc2)CCC1. The number of benzene rings is 1. The zero-order chi connectivity index (χ0) is 16.3. The van der Waals surface area contributed by atoms with Gasteiger partial charge in [0.2, 0.25) is 5.91 Å². The lowest BCUT2D eigenvalue weighted by atomic mass is 9.64. The Morgan fingerprint density at radius 1 is 1.17 bits per heavy atom. The number of nitrogens with zero attached hydrogens (tertiary/aromatic N) is 1. The maximum absolute atomic E-state index is 12.1. The number of carbonyl (C=O) groups excluding carboxylic acids is 1. The maximum atomic E-state index is 12.1. The van der Waals surface area contributed by atoms with E-state index in [1.165, 1.54) is 22.4 Å². The number of aromatic amines is 1. The van der Waals surface area contributed by atoms with E-state index in [1.807, 2.05) is 18.2 Å². The molecule has 1 aromatic heterocycles. The number of carbonyl (C=O) groups is 1. The second-order valence-corrected chi connectivity index (χ2v) is 6.01. The molecule has 1 aliphatic rings. The van der Waals surface area contributed by atoms with Gasteiger partial charge in [-0.25, -0.2) is 4.79 Å². The van der Waals surface area contributed by atoms with E-state index in [0.717, 1.165) is 19.3 Å². The van der Waals surface area contributed by atoms with Gasteiger partial charge in [-0.05, 0) is 18.4 Å². The van der Waals surface area contributed by atoms with E-state index in [1.54, 1.807) is 0 Å². The monoisotopic (exact) mass is 313 g/mol. The molecule has 1 fully saturated rings. The Morgan fingerprint density at radius 2 is 1.91 bits per heavy atom. The number of amides is 1. The minimum atomic E-state index is -0.575. The van der Waals surface area contributed by atoms with Gasteiger partial charge in [0.05, 0.1) is 0 Å². The lowest BCUT2D eigenvalue weighted by Crippen LogP contribution is -2.46. The molecule has 0 atom stereocenters. The van der Waals surface area contributed by atoms with Crippen LogP contribution in [0.3, 0.4) is 0 Å². The van der Waals surface area contributed by atoms with Gasteiger partial charge in [-0.3, -0.25) is 19.1 Å². The minimum absolute atomic E-state index is 0.00683. The van der Waals surface area contributed by atoms with Gasteiger partial charge in [0.25, 0.3) is 5.56 Å². The van der Waals surface area contributed by atoms with E-state index < -0.39 is 11.2 Å². The van der Waals surface area contributed by atoms with Gasteiger partial charge >= 0.3 is 5.69 Å². The fourth-order valence-corrected chi connectivity index (χ4v) is 3.01. The second kappa shape index (κ2) is 6.24. The van der Waals surface area contributed by atoms with Crippen LogP contribution in [-0.4, -0.2) is 22.0 Å². The van der Waals surface area contributed by atoms with Gasteiger partial charge < -0.3 is 5.32 Å². The third-order valence-corrected chi connectivity index (χ3v) is 4.53. The number of nitrogens with one attached hydrogen (secondary N) is 2. The number of aromatic nitrogens is 2. The topological polar surface area (TPSA) is 84.0 Å². The van der Waals surface area contributed by atoms with E-state index >= 15 is 0 Å². The van der Waals surface area contributed by atoms with Gasteiger partial charge in [-0.2, -0.15) is 0 Å². The Morgan fingerprint density at radius 3 is 2.52 bits per heavy atom. The molecule has 1 saturated carbocycles. The summed E-state index contributed by atoms with van der Waals surface area (Å²) in [5.41, 5.74) is 0.207. The lowest BCUT2D eigenvalue weighted by molar-refractivity contribution is -0.122. The Kier molecular flexibility index (Phi) is 4.14. The molecule has 2 aromatic rings. The standard InChI is InChI=1S/C17H19N3O3/c21-14-7-10-20(16(23)19-14)11-15(22)18-12-17(8-4-9-17)13-5-2-1-3-6-13/h1-3,5-7,10H,4,8-9,11-12H2,(H,18,22)(H,19,21,23). The zero-order valence-electron chi connectivity index (χ0n) is 12.7. The van der Waals surface area contributed by atoms with Crippen LogP contribution in [0.5, 0.6) is 0 Å². The summed E-state index contributed by atoms with van der Waals surface area (Å²) in [7, 11) is 0. The first-order valence-corrected chi connectivity index (χ1v) is 7.71. The Hall–Kier alpha value is -2.63. The molecule has 120 valence electrons. The van der Waals surface area contributed by atoms with Crippen LogP contribution in [0, 0.1) is 0 Å². The predicted octanol–water partition coefficient (Wildman–Crippen LogP) is 0.775. The van der Waals surface area contributed by atoms with Crippen molar-refractivity contribution in [3.63, 3.8) is 0 Å². The smallest absolute Gasteiger partial charge is 0.328 e. The van der Waals surface area contributed by atoms with Crippen molar-refractivity contribution in [2.75, 3.05) is 6.54 Å².